The molecule has 1 heterocycles. The predicted molar refractivity (Wildman–Crippen MR) is 71.2 cm³/mol. The number of nitrogens with two attached hydrogens (primary N) is 1. The first-order valence-corrected chi connectivity index (χ1v) is 6.21. The first-order chi connectivity index (χ1) is 9.30. The van der Waals surface area contributed by atoms with Crippen molar-refractivity contribution in [2.45, 2.75) is 6.18 Å². The van der Waals surface area contributed by atoms with E-state index in [9.17, 15) is 18.0 Å². The van der Waals surface area contributed by atoms with Crippen molar-refractivity contribution in [1.29, 1.82) is 0 Å². The van der Waals surface area contributed by atoms with Gasteiger partial charge in [-0.2, -0.15) is 13.2 Å². The Hall–Kier alpha value is -1.89. The second-order valence-corrected chi connectivity index (χ2v) is 4.90. The van der Waals surface area contributed by atoms with Crippen molar-refractivity contribution in [3.63, 3.8) is 0 Å². The van der Waals surface area contributed by atoms with E-state index in [0.29, 0.717) is 4.47 Å². The number of nitrogens with zero attached hydrogens (tertiary/aromatic N) is 1. The molecule has 3 nitrogen and oxygen atoms in total. The van der Waals surface area contributed by atoms with Gasteiger partial charge in [0.15, 0.2) is 5.78 Å². The van der Waals surface area contributed by atoms with E-state index in [-0.39, 0.29) is 11.3 Å². The maximum atomic E-state index is 12.9. The first kappa shape index (κ1) is 14.5. The van der Waals surface area contributed by atoms with Crippen LogP contribution in [0.15, 0.2) is 41.1 Å². The fraction of sp³-hybridized carbons (Fsp3) is 0.0769. The van der Waals surface area contributed by atoms with Crippen LogP contribution >= 0.6 is 15.9 Å². The fourth-order valence-corrected chi connectivity index (χ4v) is 2.05. The summed E-state index contributed by atoms with van der Waals surface area (Å²) in [5.41, 5.74) is 4.19. The summed E-state index contributed by atoms with van der Waals surface area (Å²) >= 11 is 3.15. The topological polar surface area (TPSA) is 56.0 Å². The molecule has 0 amide bonds. The van der Waals surface area contributed by atoms with E-state index in [2.05, 4.69) is 20.9 Å². The zero-order valence-electron chi connectivity index (χ0n) is 9.91. The highest BCUT2D eigenvalue weighted by Gasteiger charge is 2.35. The summed E-state index contributed by atoms with van der Waals surface area (Å²) in [5.74, 6) is -0.816. The number of rotatable bonds is 2. The SMILES string of the molecule is Nc1ccc(Br)cc1C(=O)c1cnccc1C(F)(F)F. The Morgan fingerprint density at radius 2 is 1.90 bits per heavy atom. The zero-order valence-corrected chi connectivity index (χ0v) is 11.5. The Morgan fingerprint density at radius 1 is 1.20 bits per heavy atom. The smallest absolute Gasteiger partial charge is 0.398 e. The van der Waals surface area contributed by atoms with Crippen LogP contribution in [0.2, 0.25) is 0 Å². The molecule has 0 bridgehead atoms. The highest BCUT2D eigenvalue weighted by atomic mass is 79.9. The highest BCUT2D eigenvalue weighted by Crippen LogP contribution is 2.33. The minimum Gasteiger partial charge on any atom is -0.398 e. The van der Waals surface area contributed by atoms with E-state index in [0.717, 1.165) is 18.5 Å². The monoisotopic (exact) mass is 344 g/mol. The van der Waals surface area contributed by atoms with Crippen LogP contribution in [0.5, 0.6) is 0 Å². The summed E-state index contributed by atoms with van der Waals surface area (Å²) in [6, 6.07) is 5.19. The molecule has 0 spiro atoms. The Labute approximate surface area is 120 Å². The summed E-state index contributed by atoms with van der Waals surface area (Å²) in [7, 11) is 0. The van der Waals surface area contributed by atoms with Crippen molar-refractivity contribution in [1.82, 2.24) is 4.98 Å². The first-order valence-electron chi connectivity index (χ1n) is 5.41. The van der Waals surface area contributed by atoms with Crippen molar-refractivity contribution in [3.05, 3.63) is 57.8 Å². The van der Waals surface area contributed by atoms with Crippen LogP contribution in [0.25, 0.3) is 0 Å². The number of nitrogen functional groups attached to an aromatic ring is 1. The summed E-state index contributed by atoms with van der Waals surface area (Å²) in [6.45, 7) is 0. The molecule has 0 fully saturated rings. The minimum absolute atomic E-state index is 0.00197. The van der Waals surface area contributed by atoms with Gasteiger partial charge in [0.25, 0.3) is 0 Å². The largest absolute Gasteiger partial charge is 0.417 e. The van der Waals surface area contributed by atoms with Gasteiger partial charge in [0, 0.05) is 28.1 Å². The lowest BCUT2D eigenvalue weighted by Gasteiger charge is -2.12. The van der Waals surface area contributed by atoms with Gasteiger partial charge in [-0.1, -0.05) is 15.9 Å². The molecule has 0 aliphatic carbocycles. The van der Waals surface area contributed by atoms with Crippen LogP contribution in [0.1, 0.15) is 21.5 Å². The third kappa shape index (κ3) is 2.82. The van der Waals surface area contributed by atoms with Gasteiger partial charge >= 0.3 is 6.18 Å². The van der Waals surface area contributed by atoms with Gasteiger partial charge in [-0.05, 0) is 24.3 Å². The minimum atomic E-state index is -4.63. The number of pyridine rings is 1. The van der Waals surface area contributed by atoms with Crippen molar-refractivity contribution < 1.29 is 18.0 Å². The lowest BCUT2D eigenvalue weighted by Crippen LogP contribution is -2.15. The Bertz CT molecular complexity index is 671. The van der Waals surface area contributed by atoms with Gasteiger partial charge in [-0.25, -0.2) is 0 Å². The molecule has 1 aromatic heterocycles. The maximum Gasteiger partial charge on any atom is 0.417 e. The molecule has 0 saturated carbocycles. The van der Waals surface area contributed by atoms with Crippen LogP contribution in [0.4, 0.5) is 18.9 Å². The van der Waals surface area contributed by atoms with Gasteiger partial charge in [-0.15, -0.1) is 0 Å². The van der Waals surface area contributed by atoms with Gasteiger partial charge < -0.3 is 5.73 Å². The molecule has 104 valence electrons. The number of carbonyl (C=O) groups is 1. The number of carbonyl (C=O) groups excluding carboxylic acids is 1. The summed E-state index contributed by atoms with van der Waals surface area (Å²) in [4.78, 5) is 15.8. The highest BCUT2D eigenvalue weighted by molar-refractivity contribution is 9.10. The van der Waals surface area contributed by atoms with Gasteiger partial charge in [0.1, 0.15) is 0 Å². The van der Waals surface area contributed by atoms with Gasteiger partial charge in [-0.3, -0.25) is 9.78 Å². The number of hydrogen-bond acceptors (Lipinski definition) is 3. The number of anilines is 1. The fourth-order valence-electron chi connectivity index (χ4n) is 1.69. The average molecular weight is 345 g/mol. The van der Waals surface area contributed by atoms with E-state index in [1.54, 1.807) is 6.07 Å². The van der Waals surface area contributed by atoms with Crippen molar-refractivity contribution in [2.75, 3.05) is 5.73 Å². The summed E-state index contributed by atoms with van der Waals surface area (Å²) in [6.07, 6.45) is -2.75. The Balaban J connectivity index is 2.57. The zero-order chi connectivity index (χ0) is 14.9. The van der Waals surface area contributed by atoms with Gasteiger partial charge in [0.2, 0.25) is 0 Å². The normalized spacial score (nSPS) is 11.4. The lowest BCUT2D eigenvalue weighted by atomic mass is 9.99. The second kappa shape index (κ2) is 5.24. The molecule has 0 unspecified atom stereocenters. The van der Waals surface area contributed by atoms with Crippen molar-refractivity contribution >= 4 is 27.4 Å². The number of aromatic nitrogens is 1. The van der Waals surface area contributed by atoms with Crippen molar-refractivity contribution in [2.24, 2.45) is 0 Å². The molecule has 0 aliphatic heterocycles. The summed E-state index contributed by atoms with van der Waals surface area (Å²) < 4.78 is 39.2. The van der Waals surface area contributed by atoms with Crippen LogP contribution in [-0.2, 0) is 6.18 Å². The van der Waals surface area contributed by atoms with E-state index in [1.807, 2.05) is 0 Å². The third-order valence-corrected chi connectivity index (χ3v) is 3.12. The van der Waals surface area contributed by atoms with E-state index in [4.69, 9.17) is 5.73 Å². The maximum absolute atomic E-state index is 12.9. The summed E-state index contributed by atoms with van der Waals surface area (Å²) in [5, 5.41) is 0. The van der Waals surface area contributed by atoms with Crippen LogP contribution in [-0.4, -0.2) is 10.8 Å². The van der Waals surface area contributed by atoms with Crippen LogP contribution in [0.3, 0.4) is 0 Å². The number of hydrogen-bond donors (Lipinski definition) is 1. The molecule has 20 heavy (non-hydrogen) atoms. The second-order valence-electron chi connectivity index (χ2n) is 3.98. The number of halogens is 4. The molecule has 7 heteroatoms. The molecule has 0 radical (unpaired) electrons. The molecule has 2 aromatic rings. The molecular weight excluding hydrogens is 337 g/mol. The number of alkyl halides is 3. The van der Waals surface area contributed by atoms with E-state index in [1.165, 1.54) is 12.1 Å². The Kier molecular flexibility index (Phi) is 3.80. The van der Waals surface area contributed by atoms with E-state index < -0.39 is 23.1 Å². The van der Waals surface area contributed by atoms with Crippen molar-refractivity contribution in [3.8, 4) is 0 Å². The molecule has 0 aliphatic rings. The molecule has 1 aromatic carbocycles. The third-order valence-electron chi connectivity index (χ3n) is 2.63. The molecule has 0 atom stereocenters. The average Bonchev–Trinajstić information content (AvgIpc) is 2.40. The molecule has 2 N–H and O–H groups in total. The number of ketones is 1. The lowest BCUT2D eigenvalue weighted by molar-refractivity contribution is -0.137. The molecule has 2 rings (SSSR count). The van der Waals surface area contributed by atoms with Crippen LogP contribution in [0, 0.1) is 0 Å². The Morgan fingerprint density at radius 3 is 2.55 bits per heavy atom. The van der Waals surface area contributed by atoms with Crippen LogP contribution < -0.4 is 5.73 Å². The quantitative estimate of drug-likeness (QED) is 0.667. The number of benzene rings is 1. The standard InChI is InChI=1S/C13H8BrF3N2O/c14-7-1-2-11(18)8(5-7)12(20)9-6-19-4-3-10(9)13(15,16)17/h1-6H,18H2. The molecular formula is C13H8BrF3N2O. The van der Waals surface area contributed by atoms with E-state index >= 15 is 0 Å². The van der Waals surface area contributed by atoms with Gasteiger partial charge in [0.05, 0.1) is 11.1 Å². The molecule has 0 saturated heterocycles. The predicted octanol–water partition coefficient (Wildman–Crippen LogP) is 3.68.